The second-order valence-corrected chi connectivity index (χ2v) is 12.3. The third kappa shape index (κ3) is 18.8. The van der Waals surface area contributed by atoms with Crippen LogP contribution >= 0.6 is 0 Å². The van der Waals surface area contributed by atoms with Gasteiger partial charge in [-0.25, -0.2) is 0 Å². The van der Waals surface area contributed by atoms with Crippen LogP contribution in [0.2, 0.25) is 0 Å². The number of benzene rings is 4. The van der Waals surface area contributed by atoms with Crippen molar-refractivity contribution >= 4 is 35.4 Å². The predicted molar refractivity (Wildman–Crippen MR) is 206 cm³/mol. The Kier molecular flexibility index (Phi) is 30.4. The molecule has 0 atom stereocenters. The summed E-state index contributed by atoms with van der Waals surface area (Å²) in [6, 6.07) is 24.7. The molecule has 2 fully saturated rings. The van der Waals surface area contributed by atoms with Crippen LogP contribution in [0.1, 0.15) is 70.2 Å². The Bertz CT molecular complexity index is 1430. The van der Waals surface area contributed by atoms with Gasteiger partial charge in [0.25, 0.3) is 0 Å². The number of para-hydroxylation sites is 4. The van der Waals surface area contributed by atoms with E-state index in [2.05, 4.69) is 125 Å². The summed E-state index contributed by atoms with van der Waals surface area (Å²) in [4.78, 5) is 8.98. The van der Waals surface area contributed by atoms with Gasteiger partial charge in [0.2, 0.25) is 0 Å². The van der Waals surface area contributed by atoms with Crippen molar-refractivity contribution in [1.29, 1.82) is 0 Å². The molecule has 0 N–H and O–H groups in total. The van der Waals surface area contributed by atoms with Crippen molar-refractivity contribution < 1.29 is 102 Å². The number of ether oxygens (including phenoxy) is 2. The number of halogens is 2. The summed E-state index contributed by atoms with van der Waals surface area (Å²) in [5, 5.41) is 8.98. The number of rotatable bonds is 6. The van der Waals surface area contributed by atoms with E-state index >= 15 is 0 Å². The molecule has 0 bridgehead atoms. The molecule has 2 heterocycles. The molecular weight excluding hydrogens is 1240 g/mol. The Morgan fingerprint density at radius 1 is 0.423 bits per heavy atom. The zero-order valence-corrected chi connectivity index (χ0v) is 40.4. The van der Waals surface area contributed by atoms with Gasteiger partial charge < -0.3 is 78.0 Å². The average Bonchev–Trinajstić information content (AvgIpc) is 3.84. The first-order valence-electron chi connectivity index (χ1n) is 17.1. The average molecular weight is 1290 g/mol. The number of aliphatic imine (C=N–C) groups is 2. The molecule has 2 aliphatic rings. The summed E-state index contributed by atoms with van der Waals surface area (Å²) in [6.45, 7) is 20.5. The van der Waals surface area contributed by atoms with E-state index < -0.39 is 0 Å². The molecule has 2 radical (unpaired) electrons. The molecule has 52 heavy (non-hydrogen) atoms. The van der Waals surface area contributed by atoms with E-state index in [1.165, 1.54) is 70.2 Å². The first-order valence-corrected chi connectivity index (χ1v) is 17.1. The molecule has 4 aromatic carbocycles. The minimum atomic E-state index is 0. The van der Waals surface area contributed by atoms with Crippen molar-refractivity contribution in [2.45, 2.75) is 81.1 Å². The Balaban J connectivity index is 0. The van der Waals surface area contributed by atoms with Crippen molar-refractivity contribution in [2.75, 3.05) is 26.4 Å². The van der Waals surface area contributed by atoms with Crippen molar-refractivity contribution in [1.82, 2.24) is 0 Å². The van der Waals surface area contributed by atoms with E-state index in [1.807, 2.05) is 24.3 Å². The maximum atomic E-state index is 4.94. The third-order valence-electron chi connectivity index (χ3n) is 8.16. The van der Waals surface area contributed by atoms with Crippen molar-refractivity contribution in [3.05, 3.63) is 128 Å². The molecular formula is C42H54Au2I2N4O2-4. The summed E-state index contributed by atoms with van der Waals surface area (Å²) in [5.74, 6) is 0. The first kappa shape index (κ1) is 52.8. The molecule has 0 spiro atoms. The largest absolute Gasteiger partial charge is 1.00 e. The Hall–Kier alpha value is -1.32. The second kappa shape index (κ2) is 30.0. The fraction of sp³-hybridized carbons (Fsp3) is 0.381. The van der Waals surface area contributed by atoms with Crippen LogP contribution in [0.4, 0.5) is 22.7 Å². The normalized spacial score (nSPS) is 12.6. The maximum Gasteiger partial charge on any atom is 0.0466 e. The monoisotopic (exact) mass is 1290 g/mol. The Morgan fingerprint density at radius 3 is 0.865 bits per heavy atom. The summed E-state index contributed by atoms with van der Waals surface area (Å²) in [5.41, 5.74) is 13.4. The van der Waals surface area contributed by atoms with E-state index in [4.69, 9.17) is 9.47 Å². The molecule has 10 heteroatoms. The molecule has 2 saturated heterocycles. The van der Waals surface area contributed by atoms with E-state index in [-0.39, 0.29) is 92.7 Å². The van der Waals surface area contributed by atoms with E-state index in [0.29, 0.717) is 0 Å². The summed E-state index contributed by atoms with van der Waals surface area (Å²) in [6.07, 6.45) is 8.43. The summed E-state index contributed by atoms with van der Waals surface area (Å²) >= 11 is 0. The van der Waals surface area contributed by atoms with E-state index in [0.717, 1.165) is 49.2 Å². The van der Waals surface area contributed by atoms with Crippen LogP contribution in [0.25, 0.3) is 10.6 Å². The Labute approximate surface area is 379 Å². The van der Waals surface area contributed by atoms with Crippen LogP contribution in [0.5, 0.6) is 0 Å². The molecule has 2 aliphatic heterocycles. The van der Waals surface area contributed by atoms with Gasteiger partial charge in [-0.2, -0.15) is 0 Å². The minimum Gasteiger partial charge on any atom is -1.00 e. The number of hydrogen-bond donors (Lipinski definition) is 0. The molecule has 0 aliphatic carbocycles. The Morgan fingerprint density at radius 2 is 0.654 bits per heavy atom. The van der Waals surface area contributed by atoms with Gasteiger partial charge in [-0.3, -0.25) is 0 Å². The standard InChI is InChI=1S/2C17H19N2.2C4H8O.2Au.2HI/c2*1-12-7-5-8-13(2)16(12)18-11-19-17-14(3)9-6-10-15(17)4;2*1-2-4-5-3-1;;;;/h2*5-11H,1-4H3;2*1-4H2;;;2*1H/q2*-1;;;;;;/p-2. The van der Waals surface area contributed by atoms with Crippen molar-refractivity contribution in [3.8, 4) is 0 Å². The SMILES string of the molecule is C1CCOC1.C1CCOC1.Cc1cccc(C)c1N=C[N-]c1c(C)cccc1C.Cc1cccc(C)c1N=C[N-]c1c(C)cccc1C.[Au].[Au].[I-].[I-]. The van der Waals surface area contributed by atoms with Crippen LogP contribution in [-0.2, 0) is 54.2 Å². The minimum absolute atomic E-state index is 0. The predicted octanol–water partition coefficient (Wildman–Crippen LogP) is 6.17. The molecule has 6 nitrogen and oxygen atoms in total. The fourth-order valence-corrected chi connectivity index (χ4v) is 5.35. The van der Waals surface area contributed by atoms with E-state index in [1.54, 1.807) is 12.7 Å². The van der Waals surface area contributed by atoms with Crippen LogP contribution in [0.3, 0.4) is 0 Å². The molecule has 4 aromatic rings. The van der Waals surface area contributed by atoms with Crippen LogP contribution in [0, 0.1) is 55.4 Å². The van der Waals surface area contributed by atoms with Crippen LogP contribution in [-0.4, -0.2) is 39.1 Å². The number of nitrogens with zero attached hydrogens (tertiary/aromatic N) is 4. The van der Waals surface area contributed by atoms with Gasteiger partial charge in [0.05, 0.1) is 0 Å². The maximum absolute atomic E-state index is 4.94. The molecule has 0 unspecified atom stereocenters. The van der Waals surface area contributed by atoms with Gasteiger partial charge >= 0.3 is 0 Å². The topological polar surface area (TPSA) is 71.4 Å². The fourth-order valence-electron chi connectivity index (χ4n) is 5.35. The third-order valence-corrected chi connectivity index (χ3v) is 8.16. The molecule has 294 valence electrons. The van der Waals surface area contributed by atoms with Gasteiger partial charge in [0, 0.05) is 71.2 Å². The summed E-state index contributed by atoms with van der Waals surface area (Å²) in [7, 11) is 0. The number of aryl methyl sites for hydroxylation is 8. The molecule has 0 amide bonds. The number of hydrogen-bond acceptors (Lipinski definition) is 4. The first-order chi connectivity index (χ1) is 23.2. The van der Waals surface area contributed by atoms with Gasteiger partial charge in [-0.05, 0) is 148 Å². The van der Waals surface area contributed by atoms with Crippen molar-refractivity contribution in [2.24, 2.45) is 9.98 Å². The quantitative estimate of drug-likeness (QED) is 0.101. The smallest absolute Gasteiger partial charge is 0.0466 e. The molecule has 0 aromatic heterocycles. The zero-order chi connectivity index (χ0) is 34.7. The van der Waals surface area contributed by atoms with Crippen LogP contribution in [0.15, 0.2) is 82.8 Å². The van der Waals surface area contributed by atoms with E-state index in [9.17, 15) is 0 Å². The molecule has 0 saturated carbocycles. The van der Waals surface area contributed by atoms with Gasteiger partial charge in [-0.1, -0.05) is 85.5 Å². The zero-order valence-electron chi connectivity index (χ0n) is 31.7. The van der Waals surface area contributed by atoms with Crippen molar-refractivity contribution in [3.63, 3.8) is 0 Å². The van der Waals surface area contributed by atoms with Crippen LogP contribution < -0.4 is 48.0 Å². The molecule has 6 rings (SSSR count). The summed E-state index contributed by atoms with van der Waals surface area (Å²) < 4.78 is 9.89. The van der Waals surface area contributed by atoms with Gasteiger partial charge in [0.1, 0.15) is 0 Å². The second-order valence-electron chi connectivity index (χ2n) is 12.3. The van der Waals surface area contributed by atoms with Gasteiger partial charge in [0.15, 0.2) is 0 Å². The van der Waals surface area contributed by atoms with Gasteiger partial charge in [-0.15, -0.1) is 0 Å².